The number of rotatable bonds is 9. The van der Waals surface area contributed by atoms with Crippen molar-refractivity contribution >= 4 is 17.6 Å². The minimum Gasteiger partial charge on any atom is -0.459 e. The van der Waals surface area contributed by atoms with Gasteiger partial charge in [-0.3, -0.25) is 9.69 Å². The maximum Gasteiger partial charge on any atom is 0.320 e. The monoisotopic (exact) mass is 547 g/mol. The van der Waals surface area contributed by atoms with E-state index in [9.17, 15) is 4.79 Å². The van der Waals surface area contributed by atoms with E-state index in [0.717, 1.165) is 33.4 Å². The number of nitrogens with zero attached hydrogens (tertiary/aromatic N) is 3. The molecule has 1 heterocycles. The van der Waals surface area contributed by atoms with Gasteiger partial charge in [-0.1, -0.05) is 47.1 Å². The first kappa shape index (κ1) is 28.5. The maximum absolute atomic E-state index is 12.2. The number of aromatic nitrogens is 2. The average Bonchev–Trinajstić information content (AvgIpc) is 3.33. The molecule has 0 unspecified atom stereocenters. The van der Waals surface area contributed by atoms with Gasteiger partial charge in [0.15, 0.2) is 0 Å². The smallest absolute Gasteiger partial charge is 0.320 e. The van der Waals surface area contributed by atoms with Crippen LogP contribution >= 0.6 is 11.6 Å². The summed E-state index contributed by atoms with van der Waals surface area (Å²) in [5.74, 6) is 0.554. The number of aryl methyl sites for hydroxylation is 1. The van der Waals surface area contributed by atoms with Crippen LogP contribution in [0.25, 0.3) is 34.0 Å². The van der Waals surface area contributed by atoms with Gasteiger partial charge in [-0.15, -0.1) is 0 Å². The quantitative estimate of drug-likeness (QED) is 0.210. The van der Waals surface area contributed by atoms with Gasteiger partial charge in [0.05, 0.1) is 13.2 Å². The fraction of sp³-hybridized carbons (Fsp3) is 0.323. The largest absolute Gasteiger partial charge is 0.459 e. The molecule has 3 aromatic carbocycles. The van der Waals surface area contributed by atoms with E-state index in [1.165, 1.54) is 5.56 Å². The highest BCUT2D eigenvalue weighted by molar-refractivity contribution is 6.30. The number of hydrogen-bond donors (Lipinski definition) is 0. The molecule has 0 spiro atoms. The van der Waals surface area contributed by atoms with Crippen molar-refractivity contribution in [3.63, 3.8) is 0 Å². The Morgan fingerprint density at radius 2 is 1.79 bits per heavy atom. The Kier molecular flexibility index (Phi) is 8.85. The van der Waals surface area contributed by atoms with Gasteiger partial charge in [-0.05, 0) is 92.9 Å². The molecule has 4 rings (SSSR count). The van der Waals surface area contributed by atoms with Crippen molar-refractivity contribution < 1.29 is 18.8 Å². The van der Waals surface area contributed by atoms with Crippen molar-refractivity contribution in [1.29, 1.82) is 0 Å². The number of carbonyl (C=O) groups excluding carboxylic acids is 1. The third kappa shape index (κ3) is 7.53. The molecule has 8 heteroatoms. The summed E-state index contributed by atoms with van der Waals surface area (Å²) in [6.45, 7) is 8.76. The second kappa shape index (κ2) is 12.1. The zero-order chi connectivity index (χ0) is 28.2. The molecule has 0 amide bonds. The van der Waals surface area contributed by atoms with Crippen molar-refractivity contribution in [2.75, 3.05) is 20.7 Å². The van der Waals surface area contributed by atoms with E-state index in [0.29, 0.717) is 29.9 Å². The lowest BCUT2D eigenvalue weighted by Crippen LogP contribution is -2.32. The third-order valence-corrected chi connectivity index (χ3v) is 6.22. The van der Waals surface area contributed by atoms with Gasteiger partial charge in [0.2, 0.25) is 5.82 Å². The van der Waals surface area contributed by atoms with Crippen molar-refractivity contribution in [2.24, 2.45) is 0 Å². The Morgan fingerprint density at radius 3 is 2.51 bits per heavy atom. The number of esters is 1. The van der Waals surface area contributed by atoms with Gasteiger partial charge < -0.3 is 14.0 Å². The van der Waals surface area contributed by atoms with Crippen LogP contribution in [0.5, 0.6) is 0 Å². The molecule has 0 aliphatic heterocycles. The van der Waals surface area contributed by atoms with E-state index in [1.54, 1.807) is 13.2 Å². The second-order valence-corrected chi connectivity index (χ2v) is 11.1. The van der Waals surface area contributed by atoms with Crippen molar-refractivity contribution in [2.45, 2.75) is 46.4 Å². The Bertz CT molecular complexity index is 1460. The molecule has 0 bridgehead atoms. The summed E-state index contributed by atoms with van der Waals surface area (Å²) in [6, 6.07) is 19.9. The number of halogens is 1. The maximum atomic E-state index is 12.2. The molecule has 1 aromatic heterocycles. The lowest BCUT2D eigenvalue weighted by Gasteiger charge is -2.22. The van der Waals surface area contributed by atoms with E-state index in [1.807, 2.05) is 69.1 Å². The van der Waals surface area contributed by atoms with Crippen LogP contribution in [0.3, 0.4) is 0 Å². The average molecular weight is 548 g/mol. The third-order valence-electron chi connectivity index (χ3n) is 6.00. The topological polar surface area (TPSA) is 77.7 Å². The molecular weight excluding hydrogens is 514 g/mol. The molecule has 0 fully saturated rings. The number of likely N-dealkylation sites (N-methyl/N-ethyl adjacent to an activating group) is 1. The van der Waals surface area contributed by atoms with Gasteiger partial charge in [-0.25, -0.2) is 0 Å². The summed E-state index contributed by atoms with van der Waals surface area (Å²) in [6.07, 6.45) is 0. The van der Waals surface area contributed by atoms with Gasteiger partial charge in [0.25, 0.3) is 5.89 Å². The van der Waals surface area contributed by atoms with Crippen LogP contribution in [-0.4, -0.2) is 47.3 Å². The molecule has 0 saturated heterocycles. The molecule has 7 nitrogen and oxygen atoms in total. The van der Waals surface area contributed by atoms with Crippen LogP contribution in [0.15, 0.2) is 65.2 Å². The summed E-state index contributed by atoms with van der Waals surface area (Å²) in [5.41, 5.74) is 6.41. The van der Waals surface area contributed by atoms with E-state index >= 15 is 0 Å². The van der Waals surface area contributed by atoms with E-state index in [4.69, 9.17) is 25.6 Å². The predicted molar refractivity (Wildman–Crippen MR) is 153 cm³/mol. The Labute approximate surface area is 234 Å². The van der Waals surface area contributed by atoms with Crippen LogP contribution in [0.2, 0.25) is 5.02 Å². The molecule has 0 radical (unpaired) electrons. The molecule has 39 heavy (non-hydrogen) atoms. The molecule has 0 N–H and O–H groups in total. The summed E-state index contributed by atoms with van der Waals surface area (Å²) >= 11 is 6.43. The molecule has 0 aliphatic carbocycles. The highest BCUT2D eigenvalue weighted by Gasteiger charge is 2.19. The van der Waals surface area contributed by atoms with Crippen LogP contribution in [-0.2, 0) is 27.4 Å². The normalized spacial score (nSPS) is 11.7. The zero-order valence-corrected chi connectivity index (χ0v) is 24.0. The number of ether oxygens (including phenoxy) is 2. The molecule has 0 atom stereocenters. The minimum atomic E-state index is -0.525. The summed E-state index contributed by atoms with van der Waals surface area (Å²) in [5, 5.41) is 4.77. The van der Waals surface area contributed by atoms with Gasteiger partial charge in [0.1, 0.15) is 5.60 Å². The minimum absolute atomic E-state index is 0.161. The van der Waals surface area contributed by atoms with E-state index in [-0.39, 0.29) is 12.5 Å². The van der Waals surface area contributed by atoms with Gasteiger partial charge in [-0.2, -0.15) is 4.98 Å². The SMILES string of the molecule is COCc1cc(-c2nc(-c3cc(Cl)cc(CN(C)CC(=O)OC(C)(C)C)c3)no2)ccc1-c1ccccc1C. The molecular formula is C31H34ClN3O4. The van der Waals surface area contributed by atoms with E-state index in [2.05, 4.69) is 35.3 Å². The first-order chi connectivity index (χ1) is 18.5. The van der Waals surface area contributed by atoms with Crippen molar-refractivity contribution in [1.82, 2.24) is 15.0 Å². The number of carbonyl (C=O) groups is 1. The van der Waals surface area contributed by atoms with E-state index < -0.39 is 5.60 Å². The van der Waals surface area contributed by atoms with Crippen LogP contribution < -0.4 is 0 Å². The van der Waals surface area contributed by atoms with Gasteiger partial charge in [0, 0.05) is 29.8 Å². The Balaban J connectivity index is 1.56. The predicted octanol–water partition coefficient (Wildman–Crippen LogP) is 6.95. The standard InChI is InChI=1S/C31H34ClN3O4/c1-20-9-7-8-10-26(20)27-12-11-22(15-24(27)19-37-6)30-33-29(34-39-30)23-13-21(14-25(32)16-23)17-35(5)18-28(36)38-31(2,3)4/h7-16H,17-19H2,1-6H3. The first-order valence-electron chi connectivity index (χ1n) is 12.7. The summed E-state index contributed by atoms with van der Waals surface area (Å²) in [7, 11) is 3.54. The highest BCUT2D eigenvalue weighted by atomic mass is 35.5. The van der Waals surface area contributed by atoms with Gasteiger partial charge >= 0.3 is 5.97 Å². The van der Waals surface area contributed by atoms with Crippen LogP contribution in [0.1, 0.15) is 37.5 Å². The lowest BCUT2D eigenvalue weighted by molar-refractivity contribution is -0.155. The fourth-order valence-electron chi connectivity index (χ4n) is 4.43. The highest BCUT2D eigenvalue weighted by Crippen LogP contribution is 2.32. The molecule has 4 aromatic rings. The fourth-order valence-corrected chi connectivity index (χ4v) is 4.69. The van der Waals surface area contributed by atoms with Crippen LogP contribution in [0, 0.1) is 6.92 Å². The van der Waals surface area contributed by atoms with Crippen LogP contribution in [0.4, 0.5) is 0 Å². The molecule has 0 saturated carbocycles. The Hall–Kier alpha value is -3.52. The number of benzene rings is 3. The number of methoxy groups -OCH3 is 1. The first-order valence-corrected chi connectivity index (χ1v) is 13.1. The summed E-state index contributed by atoms with van der Waals surface area (Å²) < 4.78 is 16.6. The van der Waals surface area contributed by atoms with Crippen molar-refractivity contribution in [3.05, 3.63) is 82.4 Å². The molecule has 0 aliphatic rings. The summed E-state index contributed by atoms with van der Waals surface area (Å²) in [4.78, 5) is 18.7. The van der Waals surface area contributed by atoms with Crippen molar-refractivity contribution in [3.8, 4) is 34.0 Å². The molecule has 204 valence electrons. The lowest BCUT2D eigenvalue weighted by atomic mass is 9.94. The second-order valence-electron chi connectivity index (χ2n) is 10.6. The zero-order valence-electron chi connectivity index (χ0n) is 23.2. The number of hydrogen-bond acceptors (Lipinski definition) is 7. The Morgan fingerprint density at radius 1 is 1.03 bits per heavy atom.